The van der Waals surface area contributed by atoms with Crippen LogP contribution < -0.4 is 10.6 Å². The third-order valence-electron chi connectivity index (χ3n) is 3.31. The number of pyridine rings is 1. The fourth-order valence-electron chi connectivity index (χ4n) is 2.28. The van der Waals surface area contributed by atoms with Crippen LogP contribution in [-0.2, 0) is 0 Å². The lowest BCUT2D eigenvalue weighted by Gasteiger charge is -2.40. The van der Waals surface area contributed by atoms with Crippen molar-refractivity contribution in [2.24, 2.45) is 0 Å². The normalized spacial score (nSPS) is 22.4. The van der Waals surface area contributed by atoms with Crippen LogP contribution in [0.4, 0.5) is 11.5 Å². The Morgan fingerprint density at radius 3 is 2.81 bits per heavy atom. The number of rotatable bonds is 2. The molecule has 2 heterocycles. The van der Waals surface area contributed by atoms with Gasteiger partial charge in [-0.2, -0.15) is 0 Å². The molecule has 0 spiro atoms. The summed E-state index contributed by atoms with van der Waals surface area (Å²) in [6.07, 6.45) is 1.86. The second-order valence-electron chi connectivity index (χ2n) is 4.36. The molecule has 0 radical (unpaired) electrons. The average Bonchev–Trinajstić information content (AvgIpc) is 2.30. The summed E-state index contributed by atoms with van der Waals surface area (Å²) in [4.78, 5) is 9.02. The van der Waals surface area contributed by atoms with E-state index in [1.807, 2.05) is 12.3 Å². The molecule has 88 valence electrons. The van der Waals surface area contributed by atoms with Crippen LogP contribution in [0.3, 0.4) is 0 Å². The Bertz CT molecular complexity index is 335. The Morgan fingerprint density at radius 2 is 2.25 bits per heavy atom. The van der Waals surface area contributed by atoms with Crippen LogP contribution in [0.5, 0.6) is 0 Å². The summed E-state index contributed by atoms with van der Waals surface area (Å²) in [6.45, 7) is 8.90. The second kappa shape index (κ2) is 4.70. The van der Waals surface area contributed by atoms with Gasteiger partial charge in [0.2, 0.25) is 0 Å². The number of nitrogens with zero attached hydrogens (tertiary/aromatic N) is 3. The zero-order valence-electron chi connectivity index (χ0n) is 10.1. The Balaban J connectivity index is 2.04. The van der Waals surface area contributed by atoms with Crippen LogP contribution in [0.2, 0.25) is 0 Å². The molecule has 4 heteroatoms. The van der Waals surface area contributed by atoms with Crippen LogP contribution in [0.1, 0.15) is 13.8 Å². The van der Waals surface area contributed by atoms with Crippen LogP contribution in [-0.4, -0.2) is 42.1 Å². The molecule has 1 fully saturated rings. The molecule has 1 atom stereocenters. The minimum atomic E-state index is 0.587. The first-order chi connectivity index (χ1) is 7.70. The van der Waals surface area contributed by atoms with Gasteiger partial charge < -0.3 is 10.6 Å². The highest BCUT2D eigenvalue weighted by molar-refractivity contribution is 5.48. The molecule has 1 aliphatic heterocycles. The molecule has 1 aromatic rings. The lowest BCUT2D eigenvalue weighted by molar-refractivity contribution is 0.199. The molecule has 0 unspecified atom stereocenters. The minimum Gasteiger partial charge on any atom is -0.384 e. The van der Waals surface area contributed by atoms with Crippen LogP contribution in [0.15, 0.2) is 18.3 Å². The van der Waals surface area contributed by atoms with Gasteiger partial charge in [-0.3, -0.25) is 4.90 Å². The first kappa shape index (κ1) is 11.2. The van der Waals surface area contributed by atoms with E-state index in [-0.39, 0.29) is 0 Å². The Kier molecular flexibility index (Phi) is 3.29. The van der Waals surface area contributed by atoms with E-state index in [0.717, 1.165) is 26.2 Å². The Hall–Kier alpha value is -1.29. The topological polar surface area (TPSA) is 45.4 Å². The number of anilines is 2. The van der Waals surface area contributed by atoms with Gasteiger partial charge in [0.05, 0.1) is 11.9 Å². The van der Waals surface area contributed by atoms with Gasteiger partial charge in [0.15, 0.2) is 0 Å². The van der Waals surface area contributed by atoms with Crippen molar-refractivity contribution in [2.45, 2.75) is 19.9 Å². The van der Waals surface area contributed by atoms with Gasteiger partial charge in [-0.25, -0.2) is 4.98 Å². The zero-order chi connectivity index (χ0) is 11.5. The maximum atomic E-state index is 5.59. The Morgan fingerprint density at radius 1 is 1.44 bits per heavy atom. The molecule has 16 heavy (non-hydrogen) atoms. The first-order valence-electron chi connectivity index (χ1n) is 5.91. The quantitative estimate of drug-likeness (QED) is 0.813. The third kappa shape index (κ3) is 2.27. The summed E-state index contributed by atoms with van der Waals surface area (Å²) in [5.41, 5.74) is 6.77. The summed E-state index contributed by atoms with van der Waals surface area (Å²) < 4.78 is 0. The van der Waals surface area contributed by atoms with Gasteiger partial charge in [0.1, 0.15) is 5.82 Å². The predicted octanol–water partition coefficient (Wildman–Crippen LogP) is 1.19. The lowest BCUT2D eigenvalue weighted by atomic mass is 10.2. The zero-order valence-corrected chi connectivity index (χ0v) is 10.1. The summed E-state index contributed by atoms with van der Waals surface area (Å²) in [6, 6.07) is 4.53. The van der Waals surface area contributed by atoms with Crippen LogP contribution in [0.25, 0.3) is 0 Å². The number of piperazine rings is 1. The number of hydrogen-bond donors (Lipinski definition) is 1. The molecule has 4 nitrogen and oxygen atoms in total. The Labute approximate surface area is 97.1 Å². The second-order valence-corrected chi connectivity index (χ2v) is 4.36. The van der Waals surface area contributed by atoms with Crippen molar-refractivity contribution in [3.05, 3.63) is 18.3 Å². The number of aromatic nitrogens is 1. The van der Waals surface area contributed by atoms with E-state index in [2.05, 4.69) is 34.7 Å². The molecule has 1 aromatic heterocycles. The van der Waals surface area contributed by atoms with Gasteiger partial charge in [-0.15, -0.1) is 0 Å². The van der Waals surface area contributed by atoms with E-state index in [0.29, 0.717) is 11.9 Å². The van der Waals surface area contributed by atoms with Gasteiger partial charge in [-0.1, -0.05) is 6.92 Å². The highest BCUT2D eigenvalue weighted by Crippen LogP contribution is 2.18. The standard InChI is InChI=1S/C12H20N4/c1-3-15-6-7-16(9-10(15)2)11-4-5-12(13)14-8-11/h4-5,8,10H,3,6-7,9H2,1-2H3,(H2,13,14)/t10-/m1/s1. The van der Waals surface area contributed by atoms with Crippen LogP contribution in [0, 0.1) is 0 Å². The average molecular weight is 220 g/mol. The minimum absolute atomic E-state index is 0.587. The van der Waals surface area contributed by atoms with E-state index in [9.17, 15) is 0 Å². The first-order valence-corrected chi connectivity index (χ1v) is 5.91. The largest absolute Gasteiger partial charge is 0.384 e. The predicted molar refractivity (Wildman–Crippen MR) is 67.6 cm³/mol. The monoisotopic (exact) mass is 220 g/mol. The van der Waals surface area contributed by atoms with Gasteiger partial charge in [0, 0.05) is 25.7 Å². The molecule has 2 N–H and O–H groups in total. The number of likely N-dealkylation sites (N-methyl/N-ethyl adjacent to an activating group) is 1. The smallest absolute Gasteiger partial charge is 0.123 e. The SMILES string of the molecule is CCN1CCN(c2ccc(N)nc2)C[C@H]1C. The lowest BCUT2D eigenvalue weighted by Crippen LogP contribution is -2.51. The van der Waals surface area contributed by atoms with Gasteiger partial charge in [-0.05, 0) is 25.6 Å². The fourth-order valence-corrected chi connectivity index (χ4v) is 2.28. The van der Waals surface area contributed by atoms with Crippen molar-refractivity contribution in [2.75, 3.05) is 36.8 Å². The molecule has 0 aliphatic carbocycles. The van der Waals surface area contributed by atoms with E-state index in [1.165, 1.54) is 5.69 Å². The fraction of sp³-hybridized carbons (Fsp3) is 0.583. The van der Waals surface area contributed by atoms with Crippen molar-refractivity contribution in [3.8, 4) is 0 Å². The molecule has 0 bridgehead atoms. The van der Waals surface area contributed by atoms with E-state index >= 15 is 0 Å². The van der Waals surface area contributed by atoms with Crippen molar-refractivity contribution >= 4 is 11.5 Å². The molecule has 1 saturated heterocycles. The molecule has 2 rings (SSSR count). The summed E-state index contributed by atoms with van der Waals surface area (Å²) in [7, 11) is 0. The molecule has 1 aliphatic rings. The van der Waals surface area contributed by atoms with Crippen molar-refractivity contribution in [3.63, 3.8) is 0 Å². The maximum Gasteiger partial charge on any atom is 0.123 e. The number of nitrogens with two attached hydrogens (primary N) is 1. The molecular formula is C12H20N4. The van der Waals surface area contributed by atoms with Gasteiger partial charge in [0.25, 0.3) is 0 Å². The summed E-state index contributed by atoms with van der Waals surface area (Å²) >= 11 is 0. The van der Waals surface area contributed by atoms with Crippen molar-refractivity contribution in [1.29, 1.82) is 0 Å². The van der Waals surface area contributed by atoms with Crippen LogP contribution >= 0.6 is 0 Å². The summed E-state index contributed by atoms with van der Waals surface area (Å²) in [5.74, 6) is 0.587. The molecular weight excluding hydrogens is 200 g/mol. The van der Waals surface area contributed by atoms with E-state index < -0.39 is 0 Å². The third-order valence-corrected chi connectivity index (χ3v) is 3.31. The maximum absolute atomic E-state index is 5.59. The highest BCUT2D eigenvalue weighted by atomic mass is 15.3. The highest BCUT2D eigenvalue weighted by Gasteiger charge is 2.22. The van der Waals surface area contributed by atoms with E-state index in [1.54, 1.807) is 0 Å². The number of hydrogen-bond acceptors (Lipinski definition) is 4. The molecule has 0 aromatic carbocycles. The molecule has 0 amide bonds. The van der Waals surface area contributed by atoms with Gasteiger partial charge >= 0.3 is 0 Å². The summed E-state index contributed by atoms with van der Waals surface area (Å²) in [5, 5.41) is 0. The van der Waals surface area contributed by atoms with Crippen molar-refractivity contribution < 1.29 is 0 Å². The number of nitrogen functional groups attached to an aromatic ring is 1. The van der Waals surface area contributed by atoms with Crippen molar-refractivity contribution in [1.82, 2.24) is 9.88 Å². The van der Waals surface area contributed by atoms with E-state index in [4.69, 9.17) is 5.73 Å². The molecule has 0 saturated carbocycles.